The third-order valence-electron chi connectivity index (χ3n) is 4.25. The zero-order valence-electron chi connectivity index (χ0n) is 17.8. The maximum absolute atomic E-state index is 12.3. The average Bonchev–Trinajstić information content (AvgIpc) is 3.18. The summed E-state index contributed by atoms with van der Waals surface area (Å²) in [5.74, 6) is -1.73. The first-order chi connectivity index (χ1) is 14.8. The lowest BCUT2D eigenvalue weighted by molar-refractivity contribution is -0.141. The normalized spacial score (nSPS) is 11.6. The number of aromatic nitrogens is 3. The van der Waals surface area contributed by atoms with Gasteiger partial charge in [0.15, 0.2) is 0 Å². The molecule has 0 aliphatic heterocycles. The Bertz CT molecular complexity index is 898. The van der Waals surface area contributed by atoms with Gasteiger partial charge in [-0.05, 0) is 24.5 Å². The van der Waals surface area contributed by atoms with Crippen molar-refractivity contribution in [3.05, 3.63) is 36.2 Å². The highest BCUT2D eigenvalue weighted by atomic mass is 16.5. The number of carbonyl (C=O) groups is 3. The van der Waals surface area contributed by atoms with Gasteiger partial charge in [0.05, 0.1) is 18.4 Å². The number of ether oxygens (including phenoxy) is 1. The summed E-state index contributed by atoms with van der Waals surface area (Å²) in [7, 11) is 0. The monoisotopic (exact) mass is 432 g/mol. The standard InChI is InChI=1S/C20H28N6O5/c1-13(2)10-16(20(29)24-30)19(28)21-8-9-26-11-15(23-25-26)12-31-18-7-5-4-6-17(18)22-14(3)27/h4-7,11,13,16,30H,8-10,12H2,1-3H3,(H,21,28)(H,22,27)(H,24,29). The van der Waals surface area contributed by atoms with E-state index in [1.807, 2.05) is 13.8 Å². The molecule has 2 aromatic rings. The first kappa shape index (κ1) is 23.8. The summed E-state index contributed by atoms with van der Waals surface area (Å²) in [5.41, 5.74) is 2.67. The molecule has 1 atom stereocenters. The van der Waals surface area contributed by atoms with Gasteiger partial charge in [-0.25, -0.2) is 5.48 Å². The van der Waals surface area contributed by atoms with Crippen LogP contribution in [0.3, 0.4) is 0 Å². The highest BCUT2D eigenvalue weighted by Gasteiger charge is 2.26. The highest BCUT2D eigenvalue weighted by Crippen LogP contribution is 2.24. The Labute approximate surface area is 180 Å². The third kappa shape index (κ3) is 7.70. The Kier molecular flexibility index (Phi) is 8.94. The summed E-state index contributed by atoms with van der Waals surface area (Å²) in [6.07, 6.45) is 2.00. The van der Waals surface area contributed by atoms with E-state index in [2.05, 4.69) is 20.9 Å². The van der Waals surface area contributed by atoms with Crippen LogP contribution in [-0.4, -0.2) is 44.5 Å². The molecule has 31 heavy (non-hydrogen) atoms. The Balaban J connectivity index is 1.85. The van der Waals surface area contributed by atoms with Crippen molar-refractivity contribution in [1.29, 1.82) is 0 Å². The van der Waals surface area contributed by atoms with Gasteiger partial charge in [0.2, 0.25) is 11.8 Å². The van der Waals surface area contributed by atoms with Crippen LogP contribution in [0.1, 0.15) is 32.9 Å². The van der Waals surface area contributed by atoms with Crippen LogP contribution >= 0.6 is 0 Å². The summed E-state index contributed by atoms with van der Waals surface area (Å²) in [5, 5.41) is 22.2. The van der Waals surface area contributed by atoms with Crippen LogP contribution in [0.25, 0.3) is 0 Å². The smallest absolute Gasteiger partial charge is 0.255 e. The molecule has 4 N–H and O–H groups in total. The number of benzene rings is 1. The molecular formula is C20H28N6O5. The summed E-state index contributed by atoms with van der Waals surface area (Å²) in [6.45, 7) is 5.92. The lowest BCUT2D eigenvalue weighted by atomic mass is 9.95. The molecule has 0 saturated heterocycles. The van der Waals surface area contributed by atoms with E-state index >= 15 is 0 Å². The van der Waals surface area contributed by atoms with Gasteiger partial charge >= 0.3 is 0 Å². The van der Waals surface area contributed by atoms with E-state index in [1.165, 1.54) is 6.92 Å². The lowest BCUT2D eigenvalue weighted by Gasteiger charge is -2.16. The predicted molar refractivity (Wildman–Crippen MR) is 111 cm³/mol. The highest BCUT2D eigenvalue weighted by molar-refractivity contribution is 5.99. The molecule has 0 aliphatic rings. The first-order valence-electron chi connectivity index (χ1n) is 9.90. The van der Waals surface area contributed by atoms with Crippen molar-refractivity contribution in [2.75, 3.05) is 11.9 Å². The van der Waals surface area contributed by atoms with Gasteiger partial charge in [-0.15, -0.1) is 5.10 Å². The number of nitrogens with zero attached hydrogens (tertiary/aromatic N) is 3. The van der Waals surface area contributed by atoms with E-state index in [1.54, 1.807) is 40.6 Å². The second-order valence-corrected chi connectivity index (χ2v) is 7.39. The van der Waals surface area contributed by atoms with Crippen LogP contribution in [0.4, 0.5) is 5.69 Å². The maximum atomic E-state index is 12.3. The van der Waals surface area contributed by atoms with E-state index < -0.39 is 17.7 Å². The molecule has 1 aromatic heterocycles. The van der Waals surface area contributed by atoms with Gasteiger partial charge in [0.25, 0.3) is 5.91 Å². The molecule has 0 spiro atoms. The molecule has 2 rings (SSSR count). The fraction of sp³-hybridized carbons (Fsp3) is 0.450. The zero-order chi connectivity index (χ0) is 22.8. The third-order valence-corrected chi connectivity index (χ3v) is 4.25. The fourth-order valence-electron chi connectivity index (χ4n) is 2.85. The van der Waals surface area contributed by atoms with Crippen molar-refractivity contribution < 1.29 is 24.3 Å². The SMILES string of the molecule is CC(=O)Nc1ccccc1OCc1cn(CCNC(=O)C(CC(C)C)C(=O)NO)nn1. The van der Waals surface area contributed by atoms with Crippen LogP contribution in [0.15, 0.2) is 30.5 Å². The van der Waals surface area contributed by atoms with Crippen LogP contribution in [0, 0.1) is 11.8 Å². The van der Waals surface area contributed by atoms with E-state index in [0.29, 0.717) is 30.1 Å². The number of hydroxylamine groups is 1. The van der Waals surface area contributed by atoms with E-state index in [9.17, 15) is 14.4 Å². The molecule has 1 heterocycles. The van der Waals surface area contributed by atoms with Crippen LogP contribution in [0.5, 0.6) is 5.75 Å². The van der Waals surface area contributed by atoms with Crippen LogP contribution in [0.2, 0.25) is 0 Å². The van der Waals surface area contributed by atoms with Gasteiger partial charge in [-0.2, -0.15) is 0 Å². The molecule has 1 aromatic carbocycles. The number of hydrogen-bond acceptors (Lipinski definition) is 7. The molecule has 0 aliphatic carbocycles. The minimum Gasteiger partial charge on any atom is -0.485 e. The molecule has 168 valence electrons. The van der Waals surface area contributed by atoms with Crippen molar-refractivity contribution in [3.63, 3.8) is 0 Å². The number of para-hydroxylation sites is 2. The summed E-state index contributed by atoms with van der Waals surface area (Å²) in [4.78, 5) is 35.3. The zero-order valence-corrected chi connectivity index (χ0v) is 17.8. The largest absolute Gasteiger partial charge is 0.485 e. The number of hydrogen-bond donors (Lipinski definition) is 4. The number of nitrogens with one attached hydrogen (secondary N) is 3. The van der Waals surface area contributed by atoms with Crippen LogP contribution < -0.4 is 20.9 Å². The van der Waals surface area contributed by atoms with Crippen molar-refractivity contribution >= 4 is 23.4 Å². The quantitative estimate of drug-likeness (QED) is 0.236. The molecule has 0 bridgehead atoms. The molecule has 11 heteroatoms. The molecule has 0 radical (unpaired) electrons. The molecule has 3 amide bonds. The Morgan fingerprint density at radius 3 is 2.61 bits per heavy atom. The molecule has 11 nitrogen and oxygen atoms in total. The Hall–Kier alpha value is -3.47. The fourth-order valence-corrected chi connectivity index (χ4v) is 2.85. The van der Waals surface area contributed by atoms with Gasteiger partial charge in [0, 0.05) is 13.5 Å². The van der Waals surface area contributed by atoms with Gasteiger partial charge in [-0.3, -0.25) is 24.3 Å². The minimum atomic E-state index is -0.964. The average molecular weight is 432 g/mol. The Morgan fingerprint density at radius 1 is 1.19 bits per heavy atom. The van der Waals surface area contributed by atoms with Gasteiger partial charge < -0.3 is 15.4 Å². The number of anilines is 1. The maximum Gasteiger partial charge on any atom is 0.255 e. The number of carbonyl (C=O) groups excluding carboxylic acids is 3. The van der Waals surface area contributed by atoms with Gasteiger partial charge in [-0.1, -0.05) is 31.2 Å². The molecule has 1 unspecified atom stereocenters. The van der Waals surface area contributed by atoms with Gasteiger partial charge in [0.1, 0.15) is 24.0 Å². The van der Waals surface area contributed by atoms with Crippen molar-refractivity contribution in [2.45, 2.75) is 40.3 Å². The summed E-state index contributed by atoms with van der Waals surface area (Å²) < 4.78 is 7.26. The van der Waals surface area contributed by atoms with E-state index in [4.69, 9.17) is 9.94 Å². The van der Waals surface area contributed by atoms with Crippen LogP contribution in [-0.2, 0) is 27.5 Å². The van der Waals surface area contributed by atoms with Crippen molar-refractivity contribution in [3.8, 4) is 5.75 Å². The second kappa shape index (κ2) is 11.6. The predicted octanol–water partition coefficient (Wildman–Crippen LogP) is 1.10. The second-order valence-electron chi connectivity index (χ2n) is 7.39. The molecule has 0 saturated carbocycles. The van der Waals surface area contributed by atoms with E-state index in [0.717, 1.165) is 0 Å². The topological polar surface area (TPSA) is 147 Å². The van der Waals surface area contributed by atoms with Crippen molar-refractivity contribution in [1.82, 2.24) is 25.8 Å². The lowest BCUT2D eigenvalue weighted by Crippen LogP contribution is -2.42. The Morgan fingerprint density at radius 2 is 1.94 bits per heavy atom. The minimum absolute atomic E-state index is 0.113. The summed E-state index contributed by atoms with van der Waals surface area (Å²) in [6, 6.07) is 7.06. The summed E-state index contributed by atoms with van der Waals surface area (Å²) >= 11 is 0. The molecule has 0 fully saturated rings. The number of rotatable bonds is 11. The molecular weight excluding hydrogens is 404 g/mol. The van der Waals surface area contributed by atoms with Crippen molar-refractivity contribution in [2.24, 2.45) is 11.8 Å². The number of amides is 3. The van der Waals surface area contributed by atoms with E-state index in [-0.39, 0.29) is 25.0 Å². The first-order valence-corrected chi connectivity index (χ1v) is 9.90.